The molecular formula is C18H19NO3S. The number of aliphatic carboxylic acids is 1. The number of rotatable bonds is 6. The summed E-state index contributed by atoms with van der Waals surface area (Å²) in [5, 5.41) is 12.2. The molecule has 1 heterocycles. The Balaban J connectivity index is 1.56. The Kier molecular flexibility index (Phi) is 5.20. The largest absolute Gasteiger partial charge is 0.493 e. The number of ether oxygens (including phenoxy) is 1. The zero-order valence-electron chi connectivity index (χ0n) is 12.6. The van der Waals surface area contributed by atoms with Crippen LogP contribution in [0.2, 0.25) is 0 Å². The molecule has 0 radical (unpaired) electrons. The first-order chi connectivity index (χ1) is 11.2. The Labute approximate surface area is 139 Å². The number of hydrogen-bond donors (Lipinski definition) is 2. The van der Waals surface area contributed by atoms with E-state index in [9.17, 15) is 4.79 Å². The van der Waals surface area contributed by atoms with Crippen molar-refractivity contribution in [2.45, 2.75) is 17.8 Å². The summed E-state index contributed by atoms with van der Waals surface area (Å²) in [5.74, 6) is 0.605. The van der Waals surface area contributed by atoms with Crippen molar-refractivity contribution >= 4 is 17.7 Å². The molecule has 2 N–H and O–H groups in total. The second kappa shape index (κ2) is 7.53. The van der Waals surface area contributed by atoms with E-state index in [-0.39, 0.29) is 5.37 Å². The van der Waals surface area contributed by atoms with Crippen LogP contribution in [-0.4, -0.2) is 29.5 Å². The minimum Gasteiger partial charge on any atom is -0.493 e. The lowest BCUT2D eigenvalue weighted by Gasteiger charge is -2.13. The van der Waals surface area contributed by atoms with E-state index in [0.29, 0.717) is 12.4 Å². The summed E-state index contributed by atoms with van der Waals surface area (Å²) >= 11 is 1.61. The van der Waals surface area contributed by atoms with Gasteiger partial charge in [-0.05, 0) is 23.3 Å². The van der Waals surface area contributed by atoms with Crippen LogP contribution in [0.15, 0.2) is 54.6 Å². The number of benzene rings is 2. The summed E-state index contributed by atoms with van der Waals surface area (Å²) in [7, 11) is 0. The second-order valence-electron chi connectivity index (χ2n) is 5.43. The van der Waals surface area contributed by atoms with E-state index in [0.717, 1.165) is 17.7 Å². The molecule has 4 nitrogen and oxygen atoms in total. The van der Waals surface area contributed by atoms with Crippen molar-refractivity contribution in [3.05, 3.63) is 65.7 Å². The van der Waals surface area contributed by atoms with Gasteiger partial charge in [-0.25, -0.2) is 0 Å². The highest BCUT2D eigenvalue weighted by Crippen LogP contribution is 2.34. The smallest absolute Gasteiger partial charge is 0.321 e. The lowest BCUT2D eigenvalue weighted by molar-refractivity contribution is -0.138. The molecule has 2 aromatic rings. The van der Waals surface area contributed by atoms with Gasteiger partial charge in [-0.2, -0.15) is 0 Å². The van der Waals surface area contributed by atoms with Crippen LogP contribution in [0.5, 0.6) is 5.75 Å². The van der Waals surface area contributed by atoms with E-state index in [1.807, 2.05) is 42.5 Å². The molecule has 23 heavy (non-hydrogen) atoms. The highest BCUT2D eigenvalue weighted by molar-refractivity contribution is 7.99. The maximum atomic E-state index is 11.0. The Hall–Kier alpha value is -1.98. The van der Waals surface area contributed by atoms with Gasteiger partial charge in [0, 0.05) is 12.2 Å². The summed E-state index contributed by atoms with van der Waals surface area (Å²) in [5.41, 5.74) is 2.30. The third-order valence-corrected chi connectivity index (χ3v) is 5.01. The third kappa shape index (κ3) is 4.27. The summed E-state index contributed by atoms with van der Waals surface area (Å²) in [6, 6.07) is 17.6. The van der Waals surface area contributed by atoms with Crippen LogP contribution in [0.3, 0.4) is 0 Å². The van der Waals surface area contributed by atoms with Gasteiger partial charge in [0.25, 0.3) is 0 Å². The molecule has 1 saturated heterocycles. The van der Waals surface area contributed by atoms with Crippen molar-refractivity contribution in [1.29, 1.82) is 0 Å². The number of carbonyl (C=O) groups is 1. The van der Waals surface area contributed by atoms with Crippen LogP contribution in [0.1, 0.15) is 16.5 Å². The van der Waals surface area contributed by atoms with Crippen LogP contribution in [0.25, 0.3) is 0 Å². The van der Waals surface area contributed by atoms with Crippen molar-refractivity contribution in [3.63, 3.8) is 0 Å². The lowest BCUT2D eigenvalue weighted by atomic mass is 10.1. The molecule has 0 aliphatic carbocycles. The Morgan fingerprint density at radius 1 is 1.22 bits per heavy atom. The molecule has 120 valence electrons. The van der Waals surface area contributed by atoms with Gasteiger partial charge in [-0.1, -0.05) is 42.5 Å². The van der Waals surface area contributed by atoms with Crippen molar-refractivity contribution < 1.29 is 14.6 Å². The minimum absolute atomic E-state index is 0.00812. The summed E-state index contributed by atoms with van der Waals surface area (Å²) in [6.45, 7) is 0.621. The number of carboxylic acids is 1. The second-order valence-corrected chi connectivity index (χ2v) is 6.57. The van der Waals surface area contributed by atoms with Gasteiger partial charge in [0.2, 0.25) is 0 Å². The summed E-state index contributed by atoms with van der Waals surface area (Å²) < 4.78 is 5.83. The van der Waals surface area contributed by atoms with Gasteiger partial charge in [0.1, 0.15) is 11.8 Å². The van der Waals surface area contributed by atoms with Crippen molar-refractivity contribution in [2.24, 2.45) is 0 Å². The Morgan fingerprint density at radius 2 is 2.04 bits per heavy atom. The van der Waals surface area contributed by atoms with Crippen molar-refractivity contribution in [1.82, 2.24) is 5.32 Å². The first kappa shape index (κ1) is 15.9. The molecule has 0 amide bonds. The van der Waals surface area contributed by atoms with Crippen LogP contribution in [0.4, 0.5) is 0 Å². The molecule has 3 rings (SSSR count). The molecule has 0 bridgehead atoms. The molecule has 2 atom stereocenters. The predicted molar refractivity (Wildman–Crippen MR) is 91.8 cm³/mol. The van der Waals surface area contributed by atoms with Crippen LogP contribution < -0.4 is 10.1 Å². The Morgan fingerprint density at radius 3 is 2.78 bits per heavy atom. The zero-order chi connectivity index (χ0) is 16.1. The highest BCUT2D eigenvalue weighted by atomic mass is 32.2. The molecule has 2 aromatic carbocycles. The average molecular weight is 329 g/mol. The fraction of sp³-hybridized carbons (Fsp3) is 0.278. The van der Waals surface area contributed by atoms with Crippen LogP contribution in [0, 0.1) is 0 Å². The topological polar surface area (TPSA) is 58.6 Å². The van der Waals surface area contributed by atoms with Gasteiger partial charge >= 0.3 is 5.97 Å². The van der Waals surface area contributed by atoms with E-state index < -0.39 is 12.0 Å². The van der Waals surface area contributed by atoms with Gasteiger partial charge in [0.05, 0.1) is 12.0 Å². The first-order valence-corrected chi connectivity index (χ1v) is 8.64. The minimum atomic E-state index is -0.796. The van der Waals surface area contributed by atoms with Gasteiger partial charge in [0.15, 0.2) is 0 Å². The number of carboxylic acid groups (broad SMARTS) is 1. The van der Waals surface area contributed by atoms with Gasteiger partial charge in [-0.15, -0.1) is 11.8 Å². The van der Waals surface area contributed by atoms with Gasteiger partial charge in [-0.3, -0.25) is 10.1 Å². The molecular weight excluding hydrogens is 310 g/mol. The fourth-order valence-electron chi connectivity index (χ4n) is 2.51. The van der Waals surface area contributed by atoms with Crippen molar-refractivity contribution in [3.8, 4) is 5.75 Å². The SMILES string of the molecule is O=C(O)C1CSC(c2cccc(OCCc3ccccc3)c2)N1. The molecule has 0 saturated carbocycles. The first-order valence-electron chi connectivity index (χ1n) is 7.59. The zero-order valence-corrected chi connectivity index (χ0v) is 13.5. The number of hydrogen-bond acceptors (Lipinski definition) is 4. The maximum Gasteiger partial charge on any atom is 0.321 e. The third-order valence-electron chi connectivity index (χ3n) is 3.74. The molecule has 1 fully saturated rings. The highest BCUT2D eigenvalue weighted by Gasteiger charge is 2.30. The van der Waals surface area contributed by atoms with E-state index in [1.165, 1.54) is 5.56 Å². The predicted octanol–water partition coefficient (Wildman–Crippen LogP) is 3.10. The van der Waals surface area contributed by atoms with E-state index in [2.05, 4.69) is 17.4 Å². The van der Waals surface area contributed by atoms with Crippen molar-refractivity contribution in [2.75, 3.05) is 12.4 Å². The molecule has 1 aliphatic rings. The Bertz CT molecular complexity index is 662. The fourth-order valence-corrected chi connectivity index (χ4v) is 3.73. The van der Waals surface area contributed by atoms with E-state index in [4.69, 9.17) is 9.84 Å². The number of thioether (sulfide) groups is 1. The quantitative estimate of drug-likeness (QED) is 0.853. The normalized spacial score (nSPS) is 20.3. The van der Waals surface area contributed by atoms with Gasteiger partial charge < -0.3 is 9.84 Å². The summed E-state index contributed by atoms with van der Waals surface area (Å²) in [4.78, 5) is 11.0. The number of nitrogens with one attached hydrogen (secondary N) is 1. The molecule has 1 aliphatic heterocycles. The maximum absolute atomic E-state index is 11.0. The molecule has 5 heteroatoms. The van der Waals surface area contributed by atoms with E-state index >= 15 is 0 Å². The van der Waals surface area contributed by atoms with Crippen LogP contribution >= 0.6 is 11.8 Å². The molecule has 2 unspecified atom stereocenters. The average Bonchev–Trinajstić information content (AvgIpc) is 3.07. The lowest BCUT2D eigenvalue weighted by Crippen LogP contribution is -2.33. The standard InChI is InChI=1S/C18H19NO3S/c20-18(21)16-12-23-17(19-16)14-7-4-8-15(11-14)22-10-9-13-5-2-1-3-6-13/h1-8,11,16-17,19H,9-10,12H2,(H,20,21). The van der Waals surface area contributed by atoms with E-state index in [1.54, 1.807) is 11.8 Å². The summed E-state index contributed by atoms with van der Waals surface area (Å²) in [6.07, 6.45) is 0.864. The van der Waals surface area contributed by atoms with Crippen LogP contribution in [-0.2, 0) is 11.2 Å². The monoisotopic (exact) mass is 329 g/mol. The molecule has 0 spiro atoms. The molecule has 0 aromatic heterocycles.